The number of para-hydroxylation sites is 2. The second-order valence-corrected chi connectivity index (χ2v) is 4.77. The highest BCUT2D eigenvalue weighted by Gasteiger charge is 2.04. The molecule has 4 nitrogen and oxygen atoms in total. The highest BCUT2D eigenvalue weighted by Crippen LogP contribution is 2.22. The van der Waals surface area contributed by atoms with E-state index >= 15 is 0 Å². The van der Waals surface area contributed by atoms with Crippen molar-refractivity contribution in [3.63, 3.8) is 0 Å². The molecule has 3 rings (SSSR count). The number of aryl methyl sites for hydroxylation is 1. The van der Waals surface area contributed by atoms with Crippen molar-refractivity contribution in [2.24, 2.45) is 0 Å². The Kier molecular flexibility index (Phi) is 4.27. The quantitative estimate of drug-likeness (QED) is 0.650. The Hall–Kier alpha value is -2.62. The SMILES string of the molecule is c1ccc(CCCOc2ccccc2-n2cnnc2)cc1. The van der Waals surface area contributed by atoms with Crippen LogP contribution < -0.4 is 4.74 Å². The maximum atomic E-state index is 5.91. The van der Waals surface area contributed by atoms with Crippen molar-refractivity contribution >= 4 is 0 Å². The fourth-order valence-electron chi connectivity index (χ4n) is 2.22. The largest absolute Gasteiger partial charge is 0.491 e. The molecule has 0 amide bonds. The van der Waals surface area contributed by atoms with Crippen molar-refractivity contribution < 1.29 is 4.74 Å². The van der Waals surface area contributed by atoms with Gasteiger partial charge in [-0.05, 0) is 30.5 Å². The summed E-state index contributed by atoms with van der Waals surface area (Å²) in [6.07, 6.45) is 5.36. The molecule has 0 N–H and O–H groups in total. The second kappa shape index (κ2) is 6.70. The van der Waals surface area contributed by atoms with Crippen molar-refractivity contribution in [1.82, 2.24) is 14.8 Å². The second-order valence-electron chi connectivity index (χ2n) is 4.77. The van der Waals surface area contributed by atoms with Gasteiger partial charge in [-0.1, -0.05) is 42.5 Å². The lowest BCUT2D eigenvalue weighted by Gasteiger charge is -2.11. The van der Waals surface area contributed by atoms with Crippen molar-refractivity contribution in [2.45, 2.75) is 12.8 Å². The third-order valence-electron chi connectivity index (χ3n) is 3.27. The molecule has 0 bridgehead atoms. The molecule has 0 atom stereocenters. The summed E-state index contributed by atoms with van der Waals surface area (Å²) in [7, 11) is 0. The number of nitrogens with zero attached hydrogens (tertiary/aromatic N) is 3. The number of benzene rings is 2. The fourth-order valence-corrected chi connectivity index (χ4v) is 2.22. The van der Waals surface area contributed by atoms with Crippen LogP contribution in [-0.2, 0) is 6.42 Å². The van der Waals surface area contributed by atoms with Crippen LogP contribution in [0.3, 0.4) is 0 Å². The summed E-state index contributed by atoms with van der Waals surface area (Å²) in [5, 5.41) is 7.67. The van der Waals surface area contributed by atoms with Crippen LogP contribution in [0.15, 0.2) is 67.3 Å². The predicted octanol–water partition coefficient (Wildman–Crippen LogP) is 3.28. The first-order valence-corrected chi connectivity index (χ1v) is 7.04. The summed E-state index contributed by atoms with van der Waals surface area (Å²) in [4.78, 5) is 0. The average molecular weight is 279 g/mol. The zero-order valence-corrected chi connectivity index (χ0v) is 11.7. The summed E-state index contributed by atoms with van der Waals surface area (Å²) in [5.41, 5.74) is 2.30. The van der Waals surface area contributed by atoms with Gasteiger partial charge in [0.1, 0.15) is 18.4 Å². The molecule has 1 heterocycles. The van der Waals surface area contributed by atoms with Crippen LogP contribution in [0, 0.1) is 0 Å². The van der Waals surface area contributed by atoms with Gasteiger partial charge in [0.05, 0.1) is 12.3 Å². The molecule has 106 valence electrons. The van der Waals surface area contributed by atoms with E-state index in [1.54, 1.807) is 12.7 Å². The maximum absolute atomic E-state index is 5.91. The molecule has 3 aromatic rings. The summed E-state index contributed by atoms with van der Waals surface area (Å²) in [6.45, 7) is 0.689. The summed E-state index contributed by atoms with van der Waals surface area (Å²) < 4.78 is 7.76. The summed E-state index contributed by atoms with van der Waals surface area (Å²) in [6, 6.07) is 18.4. The molecule has 0 fully saturated rings. The number of aromatic nitrogens is 3. The smallest absolute Gasteiger partial charge is 0.143 e. The molecular formula is C17H17N3O. The topological polar surface area (TPSA) is 39.9 Å². The fraction of sp³-hybridized carbons (Fsp3) is 0.176. The molecule has 0 unspecified atom stereocenters. The Morgan fingerprint density at radius 2 is 1.57 bits per heavy atom. The Labute approximate surface area is 124 Å². The summed E-state index contributed by atoms with van der Waals surface area (Å²) in [5.74, 6) is 0.852. The molecule has 0 aliphatic heterocycles. The average Bonchev–Trinajstić information content (AvgIpc) is 3.07. The van der Waals surface area contributed by atoms with Gasteiger partial charge in [0.2, 0.25) is 0 Å². The lowest BCUT2D eigenvalue weighted by Crippen LogP contribution is -2.02. The third-order valence-corrected chi connectivity index (χ3v) is 3.27. The van der Waals surface area contributed by atoms with E-state index in [0.717, 1.165) is 24.3 Å². The molecule has 4 heteroatoms. The number of rotatable bonds is 6. The molecular weight excluding hydrogens is 262 g/mol. The Morgan fingerprint density at radius 1 is 0.857 bits per heavy atom. The molecule has 0 saturated heterocycles. The van der Waals surface area contributed by atoms with Gasteiger partial charge in [0, 0.05) is 0 Å². The van der Waals surface area contributed by atoms with Crippen molar-refractivity contribution in [3.8, 4) is 11.4 Å². The first kappa shape index (κ1) is 13.4. The first-order valence-electron chi connectivity index (χ1n) is 7.04. The van der Waals surface area contributed by atoms with E-state index in [9.17, 15) is 0 Å². The molecule has 2 aromatic carbocycles. The lowest BCUT2D eigenvalue weighted by atomic mass is 10.1. The van der Waals surface area contributed by atoms with Gasteiger partial charge in [-0.25, -0.2) is 0 Å². The van der Waals surface area contributed by atoms with Gasteiger partial charge >= 0.3 is 0 Å². The van der Waals surface area contributed by atoms with E-state index in [-0.39, 0.29) is 0 Å². The standard InChI is InChI=1S/C17H17N3O/c1-2-7-15(8-3-1)9-6-12-21-17-11-5-4-10-16(17)20-13-18-19-14-20/h1-5,7-8,10-11,13-14H,6,9,12H2. The van der Waals surface area contributed by atoms with Gasteiger partial charge in [0.25, 0.3) is 0 Å². The van der Waals surface area contributed by atoms with Crippen molar-refractivity contribution in [1.29, 1.82) is 0 Å². The monoisotopic (exact) mass is 279 g/mol. The van der Waals surface area contributed by atoms with Crippen LogP contribution in [0.2, 0.25) is 0 Å². The van der Waals surface area contributed by atoms with E-state index in [1.807, 2.05) is 34.9 Å². The van der Waals surface area contributed by atoms with E-state index < -0.39 is 0 Å². The lowest BCUT2D eigenvalue weighted by molar-refractivity contribution is 0.310. The highest BCUT2D eigenvalue weighted by atomic mass is 16.5. The minimum absolute atomic E-state index is 0.689. The third kappa shape index (κ3) is 3.48. The molecule has 0 radical (unpaired) electrons. The van der Waals surface area contributed by atoms with Gasteiger partial charge < -0.3 is 4.74 Å². The van der Waals surface area contributed by atoms with Crippen molar-refractivity contribution in [3.05, 3.63) is 72.8 Å². The van der Waals surface area contributed by atoms with Crippen LogP contribution in [0.4, 0.5) is 0 Å². The normalized spacial score (nSPS) is 10.5. The molecule has 21 heavy (non-hydrogen) atoms. The Balaban J connectivity index is 1.59. The van der Waals surface area contributed by atoms with Crippen LogP contribution in [0.25, 0.3) is 5.69 Å². The van der Waals surface area contributed by atoms with Gasteiger partial charge in [0.15, 0.2) is 0 Å². The summed E-state index contributed by atoms with van der Waals surface area (Å²) >= 11 is 0. The number of hydrogen-bond acceptors (Lipinski definition) is 3. The maximum Gasteiger partial charge on any atom is 0.143 e. The van der Waals surface area contributed by atoms with E-state index in [0.29, 0.717) is 6.61 Å². The zero-order valence-electron chi connectivity index (χ0n) is 11.7. The number of ether oxygens (including phenoxy) is 1. The molecule has 1 aromatic heterocycles. The molecule has 0 aliphatic carbocycles. The number of hydrogen-bond donors (Lipinski definition) is 0. The Bertz CT molecular complexity index is 666. The van der Waals surface area contributed by atoms with E-state index in [4.69, 9.17) is 4.74 Å². The van der Waals surface area contributed by atoms with Crippen LogP contribution in [0.1, 0.15) is 12.0 Å². The first-order chi connectivity index (χ1) is 10.4. The minimum Gasteiger partial charge on any atom is -0.491 e. The minimum atomic E-state index is 0.689. The van der Waals surface area contributed by atoms with Gasteiger partial charge in [-0.3, -0.25) is 4.57 Å². The van der Waals surface area contributed by atoms with Crippen LogP contribution >= 0.6 is 0 Å². The van der Waals surface area contributed by atoms with E-state index in [2.05, 4.69) is 34.5 Å². The van der Waals surface area contributed by atoms with Gasteiger partial charge in [-0.15, -0.1) is 10.2 Å². The molecule has 0 spiro atoms. The highest BCUT2D eigenvalue weighted by molar-refractivity contribution is 5.46. The van der Waals surface area contributed by atoms with Gasteiger partial charge in [-0.2, -0.15) is 0 Å². The van der Waals surface area contributed by atoms with Crippen LogP contribution in [-0.4, -0.2) is 21.4 Å². The molecule has 0 aliphatic rings. The zero-order chi connectivity index (χ0) is 14.3. The van der Waals surface area contributed by atoms with Crippen molar-refractivity contribution in [2.75, 3.05) is 6.61 Å². The van der Waals surface area contributed by atoms with Crippen LogP contribution in [0.5, 0.6) is 5.75 Å². The van der Waals surface area contributed by atoms with E-state index in [1.165, 1.54) is 5.56 Å². The predicted molar refractivity (Wildman–Crippen MR) is 81.6 cm³/mol. The Morgan fingerprint density at radius 3 is 2.38 bits per heavy atom. The molecule has 0 saturated carbocycles.